The lowest BCUT2D eigenvalue weighted by atomic mass is 10.4. The number of rotatable bonds is 2. The van der Waals surface area contributed by atoms with E-state index in [1.807, 2.05) is 20.9 Å². The Hall–Kier alpha value is -0.530. The van der Waals surface area contributed by atoms with Crippen LogP contribution in [0.15, 0.2) is 0 Å². The molecule has 0 bridgehead atoms. The van der Waals surface area contributed by atoms with Crippen LogP contribution in [0.1, 0.15) is 13.8 Å². The Morgan fingerprint density at radius 1 is 1.57 bits per heavy atom. The van der Waals surface area contributed by atoms with Crippen molar-refractivity contribution in [1.29, 1.82) is 5.41 Å². The molecule has 1 N–H and O–H groups in total. The Labute approximate surface area is 44.6 Å². The Kier molecular flexibility index (Phi) is 2.41. The van der Waals surface area contributed by atoms with Gasteiger partial charge in [0, 0.05) is 13.1 Å². The summed E-state index contributed by atoms with van der Waals surface area (Å²) in [5.74, 6) is 0. The quantitative estimate of drug-likeness (QED) is 0.309. The van der Waals surface area contributed by atoms with Crippen LogP contribution in [0.3, 0.4) is 0 Å². The summed E-state index contributed by atoms with van der Waals surface area (Å²) in [6, 6.07) is 0.400. The third-order valence-electron chi connectivity index (χ3n) is 0.951. The van der Waals surface area contributed by atoms with E-state index < -0.39 is 0 Å². The monoisotopic (exact) mass is 99.1 g/mol. The Morgan fingerprint density at radius 3 is 2.00 bits per heavy atom. The molecule has 0 amide bonds. The van der Waals surface area contributed by atoms with Crippen LogP contribution < -0.4 is 0 Å². The summed E-state index contributed by atoms with van der Waals surface area (Å²) in [7, 11) is 1.83. The van der Waals surface area contributed by atoms with Crippen LogP contribution in [-0.4, -0.2) is 24.3 Å². The first-order valence-corrected chi connectivity index (χ1v) is 2.33. The van der Waals surface area contributed by atoms with Crippen molar-refractivity contribution in [2.24, 2.45) is 0 Å². The molecular weight excluding hydrogens is 88.1 g/mol. The van der Waals surface area contributed by atoms with Crippen LogP contribution >= 0.6 is 0 Å². The van der Waals surface area contributed by atoms with Gasteiger partial charge in [-0.15, -0.1) is 0 Å². The molecule has 0 aliphatic rings. The zero-order valence-corrected chi connectivity index (χ0v) is 5.02. The molecule has 41 valence electrons. The van der Waals surface area contributed by atoms with Gasteiger partial charge in [-0.25, -0.2) is 0 Å². The van der Waals surface area contributed by atoms with Gasteiger partial charge in [0.2, 0.25) is 0 Å². The van der Waals surface area contributed by atoms with Crippen LogP contribution in [0.25, 0.3) is 0 Å². The maximum absolute atomic E-state index is 6.62. The van der Waals surface area contributed by atoms with Crippen molar-refractivity contribution in [3.05, 3.63) is 0 Å². The summed E-state index contributed by atoms with van der Waals surface area (Å²) < 4.78 is 0. The van der Waals surface area contributed by atoms with Gasteiger partial charge in [0.25, 0.3) is 0 Å². The lowest BCUT2D eigenvalue weighted by molar-refractivity contribution is 0.427. The van der Waals surface area contributed by atoms with Crippen molar-refractivity contribution in [2.75, 3.05) is 7.05 Å². The average Bonchev–Trinajstić information content (AvgIpc) is 1.65. The second kappa shape index (κ2) is 2.61. The normalized spacial score (nSPS) is 9.14. The molecule has 0 rings (SSSR count). The molecule has 2 heteroatoms. The minimum Gasteiger partial charge on any atom is -0.355 e. The topological polar surface area (TPSA) is 27.1 Å². The predicted octanol–water partition coefficient (Wildman–Crippen LogP) is 0.811. The van der Waals surface area contributed by atoms with E-state index in [4.69, 9.17) is 5.41 Å². The van der Waals surface area contributed by atoms with Crippen LogP contribution in [-0.2, 0) is 0 Å². The number of hydrogen-bond donors (Lipinski definition) is 1. The largest absolute Gasteiger partial charge is 0.355 e. The van der Waals surface area contributed by atoms with Gasteiger partial charge in [0.05, 0.1) is 0 Å². The van der Waals surface area contributed by atoms with Gasteiger partial charge >= 0.3 is 0 Å². The lowest BCUT2D eigenvalue weighted by Crippen LogP contribution is -2.23. The van der Waals surface area contributed by atoms with E-state index >= 15 is 0 Å². The molecule has 0 aromatic carbocycles. The fourth-order valence-electron chi connectivity index (χ4n) is 0.129. The fraction of sp³-hybridized carbons (Fsp3) is 0.800. The van der Waals surface area contributed by atoms with Gasteiger partial charge in [-0.3, -0.25) is 5.41 Å². The van der Waals surface area contributed by atoms with Crippen molar-refractivity contribution < 1.29 is 0 Å². The van der Waals surface area contributed by atoms with Crippen molar-refractivity contribution >= 4 is 6.34 Å². The molecule has 0 heterocycles. The smallest absolute Gasteiger partial charge is 0.163 e. The van der Waals surface area contributed by atoms with E-state index in [9.17, 15) is 0 Å². The van der Waals surface area contributed by atoms with Crippen LogP contribution in [0.5, 0.6) is 0 Å². The van der Waals surface area contributed by atoms with E-state index in [-0.39, 0.29) is 0 Å². The second-order valence-corrected chi connectivity index (χ2v) is 1.82. The molecule has 0 aliphatic carbocycles. The highest BCUT2D eigenvalue weighted by molar-refractivity contribution is 5.50. The molecular formula is C5H11N2. The van der Waals surface area contributed by atoms with Gasteiger partial charge in [-0.1, -0.05) is 0 Å². The lowest BCUT2D eigenvalue weighted by Gasteiger charge is -2.14. The predicted molar refractivity (Wildman–Crippen MR) is 30.6 cm³/mol. The Balaban J connectivity index is 3.33. The third-order valence-corrected chi connectivity index (χ3v) is 0.951. The summed E-state index contributed by atoms with van der Waals surface area (Å²) in [5, 5.41) is 6.62. The molecule has 1 radical (unpaired) electrons. The van der Waals surface area contributed by atoms with Gasteiger partial charge in [-0.2, -0.15) is 0 Å². The number of nitrogens with zero attached hydrogens (tertiary/aromatic N) is 1. The molecule has 0 atom stereocenters. The third kappa shape index (κ3) is 2.20. The standard InChI is InChI=1S/C5H11N2/c1-5(2)7(3)4-6/h5-6H,1-3H3. The van der Waals surface area contributed by atoms with Gasteiger partial charge in [0.15, 0.2) is 6.34 Å². The zero-order valence-electron chi connectivity index (χ0n) is 5.02. The Bertz CT molecular complexity index is 59.1. The first-order valence-electron chi connectivity index (χ1n) is 2.33. The van der Waals surface area contributed by atoms with Crippen LogP contribution in [0.4, 0.5) is 0 Å². The molecule has 0 saturated heterocycles. The maximum Gasteiger partial charge on any atom is 0.163 e. The fourth-order valence-corrected chi connectivity index (χ4v) is 0.129. The summed E-state index contributed by atoms with van der Waals surface area (Å²) in [6.07, 6.45) is 2.25. The van der Waals surface area contributed by atoms with E-state index in [0.29, 0.717) is 6.04 Å². The van der Waals surface area contributed by atoms with E-state index in [1.54, 1.807) is 4.90 Å². The van der Waals surface area contributed by atoms with Crippen LogP contribution in [0, 0.1) is 5.41 Å². The first kappa shape index (κ1) is 6.47. The summed E-state index contributed by atoms with van der Waals surface area (Å²) in [4.78, 5) is 1.71. The Morgan fingerprint density at radius 2 is 2.00 bits per heavy atom. The van der Waals surface area contributed by atoms with E-state index in [1.165, 1.54) is 0 Å². The number of hydrogen-bond acceptors (Lipinski definition) is 1. The minimum atomic E-state index is 0.400. The first-order chi connectivity index (χ1) is 3.18. The summed E-state index contributed by atoms with van der Waals surface area (Å²) in [6.45, 7) is 4.03. The van der Waals surface area contributed by atoms with E-state index in [2.05, 4.69) is 6.34 Å². The molecule has 0 saturated carbocycles. The minimum absolute atomic E-state index is 0.400. The van der Waals surface area contributed by atoms with Crippen LogP contribution in [0.2, 0.25) is 0 Å². The highest BCUT2D eigenvalue weighted by Crippen LogP contribution is 1.85. The molecule has 2 nitrogen and oxygen atoms in total. The molecule has 0 aromatic rings. The summed E-state index contributed by atoms with van der Waals surface area (Å²) >= 11 is 0. The van der Waals surface area contributed by atoms with Crippen molar-refractivity contribution in [3.8, 4) is 0 Å². The number of nitrogens with one attached hydrogen (secondary N) is 1. The molecule has 0 aromatic heterocycles. The zero-order chi connectivity index (χ0) is 5.86. The van der Waals surface area contributed by atoms with Gasteiger partial charge < -0.3 is 4.90 Å². The summed E-state index contributed by atoms with van der Waals surface area (Å²) in [5.41, 5.74) is 0. The van der Waals surface area contributed by atoms with Crippen molar-refractivity contribution in [3.63, 3.8) is 0 Å². The maximum atomic E-state index is 6.62. The molecule has 0 spiro atoms. The molecule has 0 aliphatic heterocycles. The molecule has 0 fully saturated rings. The highest BCUT2D eigenvalue weighted by atomic mass is 15.1. The highest BCUT2D eigenvalue weighted by Gasteiger charge is 1.93. The molecule has 7 heavy (non-hydrogen) atoms. The SMILES string of the molecule is CC(C)N(C)[C]=N. The van der Waals surface area contributed by atoms with Gasteiger partial charge in [0.1, 0.15) is 0 Å². The van der Waals surface area contributed by atoms with Crippen molar-refractivity contribution in [2.45, 2.75) is 19.9 Å². The molecule has 0 unspecified atom stereocenters. The average molecular weight is 99.2 g/mol. The van der Waals surface area contributed by atoms with Gasteiger partial charge in [-0.05, 0) is 13.8 Å². The van der Waals surface area contributed by atoms with E-state index in [0.717, 1.165) is 0 Å². The second-order valence-electron chi connectivity index (χ2n) is 1.82. The van der Waals surface area contributed by atoms with Crippen molar-refractivity contribution in [1.82, 2.24) is 4.90 Å².